The van der Waals surface area contributed by atoms with Gasteiger partial charge in [0.1, 0.15) is 21.8 Å². The van der Waals surface area contributed by atoms with Crippen molar-refractivity contribution in [3.05, 3.63) is 31.9 Å². The fraction of sp³-hybridized carbons (Fsp3) is 0.600. The number of nitriles is 1. The highest BCUT2D eigenvalue weighted by Crippen LogP contribution is 2.37. The van der Waals surface area contributed by atoms with E-state index in [0.717, 1.165) is 30.6 Å². The Hall–Kier alpha value is -2.15. The second kappa shape index (κ2) is 11.1. The number of carbonyl (C=O) groups excluding carboxylic acids is 1. The van der Waals surface area contributed by atoms with Gasteiger partial charge in [-0.3, -0.25) is 19.1 Å². The van der Waals surface area contributed by atoms with Crippen LogP contribution in [0, 0.1) is 18.3 Å². The first-order valence-corrected chi connectivity index (χ1v) is 13.2. The average Bonchev–Trinajstić information content (AvgIpc) is 3.06. The van der Waals surface area contributed by atoms with Crippen LogP contribution in [0.3, 0.4) is 0 Å². The Bertz CT molecular complexity index is 1090. The zero-order valence-electron chi connectivity index (χ0n) is 20.9. The maximum Gasteiger partial charge on any atom is 0.270 e. The van der Waals surface area contributed by atoms with Crippen LogP contribution in [0.15, 0.2) is 9.70 Å². The number of carbonyl (C=O) groups is 1. The summed E-state index contributed by atoms with van der Waals surface area (Å²) in [4.78, 5) is 31.0. The van der Waals surface area contributed by atoms with Gasteiger partial charge in [0.2, 0.25) is 0 Å². The van der Waals surface area contributed by atoms with Gasteiger partial charge in [0.15, 0.2) is 0 Å². The lowest BCUT2D eigenvalue weighted by molar-refractivity contribution is -0.123. The molecule has 2 aliphatic rings. The summed E-state index contributed by atoms with van der Waals surface area (Å²) in [6.45, 7) is 13.7. The summed E-state index contributed by atoms with van der Waals surface area (Å²) in [6.07, 6.45) is 4.34. The molecule has 2 fully saturated rings. The second-order valence-electron chi connectivity index (χ2n) is 9.13. The van der Waals surface area contributed by atoms with Crippen molar-refractivity contribution in [2.24, 2.45) is 0 Å². The van der Waals surface area contributed by atoms with E-state index in [1.165, 1.54) is 11.8 Å². The molecule has 1 aromatic heterocycles. The fourth-order valence-corrected chi connectivity index (χ4v) is 5.98. The molecular formula is C25H34N4O3S2. The molecule has 0 aliphatic carbocycles. The summed E-state index contributed by atoms with van der Waals surface area (Å²) in [6, 6.07) is 2.12. The van der Waals surface area contributed by atoms with E-state index in [9.17, 15) is 14.9 Å². The fourth-order valence-electron chi connectivity index (χ4n) is 4.53. The van der Waals surface area contributed by atoms with Crippen LogP contribution in [0.2, 0.25) is 0 Å². The van der Waals surface area contributed by atoms with Gasteiger partial charge in [-0.2, -0.15) is 5.26 Å². The zero-order valence-corrected chi connectivity index (χ0v) is 22.5. The van der Waals surface area contributed by atoms with E-state index in [-0.39, 0.29) is 35.3 Å². The van der Waals surface area contributed by atoms with Crippen LogP contribution >= 0.6 is 24.0 Å². The van der Waals surface area contributed by atoms with Crippen molar-refractivity contribution in [3.63, 3.8) is 0 Å². The Morgan fingerprint density at radius 2 is 1.91 bits per heavy atom. The molecule has 7 nitrogen and oxygen atoms in total. The molecule has 34 heavy (non-hydrogen) atoms. The van der Waals surface area contributed by atoms with Crippen molar-refractivity contribution in [2.75, 3.05) is 18.0 Å². The van der Waals surface area contributed by atoms with Gasteiger partial charge < -0.3 is 9.64 Å². The molecule has 0 radical (unpaired) electrons. The summed E-state index contributed by atoms with van der Waals surface area (Å²) in [5.74, 6) is 0.633. The smallest absolute Gasteiger partial charge is 0.270 e. The summed E-state index contributed by atoms with van der Waals surface area (Å²) in [5, 5.41) is 9.84. The van der Waals surface area contributed by atoms with Crippen molar-refractivity contribution in [3.8, 4) is 6.07 Å². The molecule has 1 aromatic rings. The number of rotatable bonds is 7. The molecule has 3 unspecified atom stereocenters. The lowest BCUT2D eigenvalue weighted by Gasteiger charge is -2.39. The van der Waals surface area contributed by atoms with Crippen molar-refractivity contribution < 1.29 is 9.53 Å². The van der Waals surface area contributed by atoms with Crippen molar-refractivity contribution >= 4 is 46.1 Å². The lowest BCUT2D eigenvalue weighted by atomic mass is 10.0. The summed E-state index contributed by atoms with van der Waals surface area (Å²) in [5.41, 5.74) is 1.17. The molecule has 0 bridgehead atoms. The predicted octanol–water partition coefficient (Wildman–Crippen LogP) is 4.44. The molecule has 0 spiro atoms. The molecule has 1 amide bonds. The van der Waals surface area contributed by atoms with Crippen LogP contribution in [-0.4, -0.2) is 51.0 Å². The zero-order chi connectivity index (χ0) is 25.2. The number of amides is 1. The first-order valence-electron chi connectivity index (χ1n) is 12.0. The number of ether oxygens (including phenoxy) is 1. The number of aromatic nitrogens is 1. The maximum absolute atomic E-state index is 13.4. The number of pyridine rings is 1. The van der Waals surface area contributed by atoms with E-state index in [1.54, 1.807) is 16.4 Å². The SMILES string of the molecule is CCCCn1c(N2CC(C)OC(C)C2)c(/C=C2/SC(=S)N(C(C)CC)C2=O)c(C)c(C#N)c1=O. The Morgan fingerprint density at radius 3 is 2.47 bits per heavy atom. The second-order valence-corrected chi connectivity index (χ2v) is 10.8. The van der Waals surface area contributed by atoms with Gasteiger partial charge in [0, 0.05) is 31.2 Å². The minimum Gasteiger partial charge on any atom is -0.372 e. The van der Waals surface area contributed by atoms with E-state index in [2.05, 4.69) is 17.9 Å². The number of hydrogen-bond donors (Lipinski definition) is 0. The van der Waals surface area contributed by atoms with Gasteiger partial charge in [-0.05, 0) is 52.2 Å². The molecule has 3 rings (SSSR count). The topological polar surface area (TPSA) is 78.6 Å². The molecule has 0 aromatic carbocycles. The normalized spacial score (nSPS) is 23.0. The predicted molar refractivity (Wildman–Crippen MR) is 142 cm³/mol. The molecular weight excluding hydrogens is 468 g/mol. The van der Waals surface area contributed by atoms with Gasteiger partial charge in [0.05, 0.1) is 17.1 Å². The molecule has 9 heteroatoms. The van der Waals surface area contributed by atoms with E-state index >= 15 is 0 Å². The minimum atomic E-state index is -0.278. The molecule has 3 heterocycles. The number of thioether (sulfide) groups is 1. The highest BCUT2D eigenvalue weighted by Gasteiger charge is 2.36. The molecule has 2 aliphatic heterocycles. The van der Waals surface area contributed by atoms with Gasteiger partial charge in [0.25, 0.3) is 11.5 Å². The number of anilines is 1. The van der Waals surface area contributed by atoms with Crippen LogP contribution in [0.4, 0.5) is 5.82 Å². The molecule has 3 atom stereocenters. The highest BCUT2D eigenvalue weighted by molar-refractivity contribution is 8.26. The van der Waals surface area contributed by atoms with E-state index in [4.69, 9.17) is 17.0 Å². The Kier molecular flexibility index (Phi) is 8.61. The maximum atomic E-state index is 13.4. The van der Waals surface area contributed by atoms with Gasteiger partial charge in [-0.25, -0.2) is 0 Å². The number of unbranched alkanes of at least 4 members (excludes halogenated alkanes) is 1. The van der Waals surface area contributed by atoms with Gasteiger partial charge in [-0.15, -0.1) is 0 Å². The molecule has 2 saturated heterocycles. The highest BCUT2D eigenvalue weighted by atomic mass is 32.2. The molecule has 0 N–H and O–H groups in total. The largest absolute Gasteiger partial charge is 0.372 e. The first-order chi connectivity index (χ1) is 16.1. The van der Waals surface area contributed by atoms with Crippen molar-refractivity contribution in [2.45, 2.75) is 85.6 Å². The monoisotopic (exact) mass is 502 g/mol. The third-order valence-corrected chi connectivity index (χ3v) is 7.76. The lowest BCUT2D eigenvalue weighted by Crippen LogP contribution is -2.48. The quantitative estimate of drug-likeness (QED) is 0.403. The van der Waals surface area contributed by atoms with E-state index in [1.807, 2.05) is 33.8 Å². The van der Waals surface area contributed by atoms with Crippen LogP contribution in [0.1, 0.15) is 70.6 Å². The first kappa shape index (κ1) is 26.5. The van der Waals surface area contributed by atoms with Crippen LogP contribution < -0.4 is 10.5 Å². The summed E-state index contributed by atoms with van der Waals surface area (Å²) < 4.78 is 8.21. The third kappa shape index (κ3) is 5.09. The number of morpholine rings is 1. The molecule has 184 valence electrons. The van der Waals surface area contributed by atoms with E-state index < -0.39 is 0 Å². The average molecular weight is 503 g/mol. The van der Waals surface area contributed by atoms with Crippen LogP contribution in [-0.2, 0) is 16.1 Å². The van der Waals surface area contributed by atoms with Gasteiger partial charge in [-0.1, -0.05) is 44.2 Å². The summed E-state index contributed by atoms with van der Waals surface area (Å²) >= 11 is 6.80. The van der Waals surface area contributed by atoms with Crippen molar-refractivity contribution in [1.82, 2.24) is 9.47 Å². The third-order valence-electron chi connectivity index (χ3n) is 6.43. The van der Waals surface area contributed by atoms with Crippen LogP contribution in [0.5, 0.6) is 0 Å². The Morgan fingerprint density at radius 1 is 1.26 bits per heavy atom. The standard InChI is InChI=1S/C25H34N4O3S2/c1-7-9-10-28-22(27-13-16(4)32-17(5)14-27)19(18(6)20(12-26)23(28)30)11-21-24(31)29(15(3)8-2)25(33)34-21/h11,15-17H,7-10,13-14H2,1-6H3/b21-11+. The van der Waals surface area contributed by atoms with Crippen molar-refractivity contribution in [1.29, 1.82) is 5.26 Å². The summed E-state index contributed by atoms with van der Waals surface area (Å²) in [7, 11) is 0. The Balaban J connectivity index is 2.26. The minimum absolute atomic E-state index is 0.00749. The number of thiocarbonyl (C=S) groups is 1. The van der Waals surface area contributed by atoms with E-state index in [0.29, 0.717) is 34.4 Å². The number of hydrogen-bond acceptors (Lipinski definition) is 7. The van der Waals surface area contributed by atoms with Crippen LogP contribution in [0.25, 0.3) is 6.08 Å². The number of nitrogens with zero attached hydrogens (tertiary/aromatic N) is 4. The molecule has 0 saturated carbocycles. The van der Waals surface area contributed by atoms with Gasteiger partial charge >= 0.3 is 0 Å². The Labute approximate surface area is 211 Å².